The van der Waals surface area contributed by atoms with E-state index in [9.17, 15) is 9.59 Å². The van der Waals surface area contributed by atoms with Crippen molar-refractivity contribution in [1.29, 1.82) is 0 Å². The van der Waals surface area contributed by atoms with E-state index in [1.165, 1.54) is 57.8 Å². The first-order chi connectivity index (χ1) is 12.7. The number of esters is 1. The Kier molecular flexibility index (Phi) is 18.6. The van der Waals surface area contributed by atoms with Gasteiger partial charge in [-0.3, -0.25) is 4.79 Å². The van der Waals surface area contributed by atoms with Gasteiger partial charge in [-0.25, -0.2) is 4.79 Å². The molecule has 0 bridgehead atoms. The standard InChI is InChI=1S/C21H38O5/c1-2-3-4-5-6-7-8-9-10-11-12-13-14-15-16-17-20(22)25-18-19-26-21(23)24/h9-10H,2-8,11-19H2,1H3,(H,23,24)/b10-9-. The highest BCUT2D eigenvalue weighted by Gasteiger charge is 2.03. The van der Waals surface area contributed by atoms with Crippen LogP contribution in [0.4, 0.5) is 4.79 Å². The third-order valence-corrected chi connectivity index (χ3v) is 4.21. The molecule has 0 aliphatic heterocycles. The number of carboxylic acid groups (broad SMARTS) is 1. The van der Waals surface area contributed by atoms with Crippen molar-refractivity contribution in [2.45, 2.75) is 96.8 Å². The van der Waals surface area contributed by atoms with Crippen molar-refractivity contribution in [3.05, 3.63) is 12.2 Å². The van der Waals surface area contributed by atoms with E-state index in [-0.39, 0.29) is 19.2 Å². The summed E-state index contributed by atoms with van der Waals surface area (Å²) in [6.45, 7) is 2.14. The number of ether oxygens (including phenoxy) is 2. The molecule has 0 heterocycles. The molecule has 0 aromatic carbocycles. The van der Waals surface area contributed by atoms with Gasteiger partial charge in [0.1, 0.15) is 13.2 Å². The molecule has 1 N–H and O–H groups in total. The number of hydrogen-bond donors (Lipinski definition) is 1. The van der Waals surface area contributed by atoms with Crippen LogP contribution in [0.2, 0.25) is 0 Å². The molecule has 0 rings (SSSR count). The molecular formula is C21H38O5. The Morgan fingerprint density at radius 1 is 0.731 bits per heavy atom. The second kappa shape index (κ2) is 19.8. The van der Waals surface area contributed by atoms with Gasteiger partial charge >= 0.3 is 12.1 Å². The molecule has 0 atom stereocenters. The molecule has 0 spiro atoms. The van der Waals surface area contributed by atoms with Crippen molar-refractivity contribution in [3.63, 3.8) is 0 Å². The van der Waals surface area contributed by atoms with Crippen LogP contribution >= 0.6 is 0 Å². The molecule has 5 heteroatoms. The molecule has 0 saturated carbocycles. The van der Waals surface area contributed by atoms with Crippen LogP contribution in [0.1, 0.15) is 96.8 Å². The third-order valence-electron chi connectivity index (χ3n) is 4.21. The summed E-state index contributed by atoms with van der Waals surface area (Å²) in [5, 5.41) is 8.26. The summed E-state index contributed by atoms with van der Waals surface area (Å²) in [5.74, 6) is -0.281. The van der Waals surface area contributed by atoms with Crippen LogP contribution in [0.15, 0.2) is 12.2 Å². The summed E-state index contributed by atoms with van der Waals surface area (Å²) in [7, 11) is 0. The van der Waals surface area contributed by atoms with E-state index in [0.717, 1.165) is 25.7 Å². The molecule has 0 fully saturated rings. The Labute approximate surface area is 159 Å². The highest BCUT2D eigenvalue weighted by atomic mass is 16.7. The number of carbonyl (C=O) groups is 2. The Morgan fingerprint density at radius 2 is 1.23 bits per heavy atom. The van der Waals surface area contributed by atoms with Gasteiger partial charge in [0.05, 0.1) is 0 Å². The molecule has 0 aromatic rings. The molecule has 0 aromatic heterocycles. The number of unbranched alkanes of at least 4 members (excludes halogenated alkanes) is 11. The van der Waals surface area contributed by atoms with Crippen LogP contribution in [0, 0.1) is 0 Å². The summed E-state index contributed by atoms with van der Waals surface area (Å²) in [4.78, 5) is 21.5. The molecule has 0 aliphatic rings. The lowest BCUT2D eigenvalue weighted by Crippen LogP contribution is -2.12. The fourth-order valence-electron chi connectivity index (χ4n) is 2.70. The Hall–Kier alpha value is -1.52. The molecule has 0 radical (unpaired) electrons. The van der Waals surface area contributed by atoms with E-state index < -0.39 is 6.16 Å². The van der Waals surface area contributed by atoms with Crippen LogP contribution in [-0.4, -0.2) is 30.4 Å². The summed E-state index contributed by atoms with van der Waals surface area (Å²) in [6, 6.07) is 0. The molecule has 5 nitrogen and oxygen atoms in total. The van der Waals surface area contributed by atoms with Gasteiger partial charge in [0.15, 0.2) is 0 Å². The minimum atomic E-state index is -1.35. The largest absolute Gasteiger partial charge is 0.505 e. The second-order valence-corrected chi connectivity index (χ2v) is 6.67. The van der Waals surface area contributed by atoms with Crippen LogP contribution in [0.3, 0.4) is 0 Å². The normalized spacial score (nSPS) is 11.0. The molecule has 0 saturated heterocycles. The van der Waals surface area contributed by atoms with Crippen LogP contribution < -0.4 is 0 Å². The average Bonchev–Trinajstić information content (AvgIpc) is 2.62. The zero-order valence-electron chi connectivity index (χ0n) is 16.5. The molecular weight excluding hydrogens is 332 g/mol. The van der Waals surface area contributed by atoms with Gasteiger partial charge < -0.3 is 14.6 Å². The summed E-state index contributed by atoms with van der Waals surface area (Å²) in [5.41, 5.74) is 0. The van der Waals surface area contributed by atoms with Gasteiger partial charge in [-0.1, -0.05) is 70.4 Å². The molecule has 0 aliphatic carbocycles. The lowest BCUT2D eigenvalue weighted by molar-refractivity contribution is -0.145. The predicted molar refractivity (Wildman–Crippen MR) is 104 cm³/mol. The SMILES string of the molecule is CCCCCCCC/C=C\CCCCCCCC(=O)OCCOC(=O)O. The average molecular weight is 371 g/mol. The van der Waals surface area contributed by atoms with Crippen LogP contribution in [0.25, 0.3) is 0 Å². The fourth-order valence-corrected chi connectivity index (χ4v) is 2.70. The van der Waals surface area contributed by atoms with E-state index in [2.05, 4.69) is 23.8 Å². The number of rotatable bonds is 18. The maximum absolute atomic E-state index is 11.4. The first-order valence-corrected chi connectivity index (χ1v) is 10.3. The van der Waals surface area contributed by atoms with Gasteiger partial charge in [0.25, 0.3) is 0 Å². The number of hydrogen-bond acceptors (Lipinski definition) is 4. The van der Waals surface area contributed by atoms with E-state index in [4.69, 9.17) is 9.84 Å². The summed E-state index contributed by atoms with van der Waals surface area (Å²) >= 11 is 0. The van der Waals surface area contributed by atoms with Crippen molar-refractivity contribution < 1.29 is 24.2 Å². The number of carbonyl (C=O) groups excluding carboxylic acids is 1. The molecule has 0 unspecified atom stereocenters. The van der Waals surface area contributed by atoms with Crippen molar-refractivity contribution in [3.8, 4) is 0 Å². The highest BCUT2D eigenvalue weighted by Crippen LogP contribution is 2.10. The van der Waals surface area contributed by atoms with E-state index in [1.807, 2.05) is 0 Å². The zero-order valence-corrected chi connectivity index (χ0v) is 16.5. The molecule has 0 amide bonds. The maximum atomic E-state index is 11.4. The monoisotopic (exact) mass is 370 g/mol. The van der Waals surface area contributed by atoms with Crippen LogP contribution in [0.5, 0.6) is 0 Å². The smallest absolute Gasteiger partial charge is 0.462 e. The first-order valence-electron chi connectivity index (χ1n) is 10.3. The quantitative estimate of drug-likeness (QED) is 0.175. The molecule has 152 valence electrons. The zero-order chi connectivity index (χ0) is 19.3. The van der Waals surface area contributed by atoms with Gasteiger partial charge in [-0.15, -0.1) is 0 Å². The lowest BCUT2D eigenvalue weighted by Gasteiger charge is -2.04. The highest BCUT2D eigenvalue weighted by molar-refractivity contribution is 5.69. The van der Waals surface area contributed by atoms with E-state index in [1.54, 1.807) is 0 Å². The second-order valence-electron chi connectivity index (χ2n) is 6.67. The number of allylic oxidation sites excluding steroid dienone is 2. The van der Waals surface area contributed by atoms with Crippen molar-refractivity contribution in [2.24, 2.45) is 0 Å². The van der Waals surface area contributed by atoms with Crippen LogP contribution in [-0.2, 0) is 14.3 Å². The first kappa shape index (κ1) is 24.5. The Balaban J connectivity index is 3.22. The van der Waals surface area contributed by atoms with Crippen molar-refractivity contribution in [1.82, 2.24) is 0 Å². The van der Waals surface area contributed by atoms with E-state index in [0.29, 0.717) is 6.42 Å². The minimum absolute atomic E-state index is 0.00376. The van der Waals surface area contributed by atoms with E-state index >= 15 is 0 Å². The van der Waals surface area contributed by atoms with Gasteiger partial charge in [-0.2, -0.15) is 0 Å². The van der Waals surface area contributed by atoms with Gasteiger partial charge in [-0.05, 0) is 32.1 Å². The molecule has 26 heavy (non-hydrogen) atoms. The predicted octanol–water partition coefficient (Wildman–Crippen LogP) is 6.26. The lowest BCUT2D eigenvalue weighted by atomic mass is 10.1. The maximum Gasteiger partial charge on any atom is 0.505 e. The minimum Gasteiger partial charge on any atom is -0.462 e. The summed E-state index contributed by atoms with van der Waals surface area (Å²) in [6.07, 6.45) is 19.6. The van der Waals surface area contributed by atoms with Gasteiger partial charge in [0, 0.05) is 6.42 Å². The Morgan fingerprint density at radius 3 is 1.81 bits per heavy atom. The van der Waals surface area contributed by atoms with Crippen molar-refractivity contribution in [2.75, 3.05) is 13.2 Å². The fraction of sp³-hybridized carbons (Fsp3) is 0.810. The van der Waals surface area contributed by atoms with Gasteiger partial charge in [0.2, 0.25) is 0 Å². The topological polar surface area (TPSA) is 72.8 Å². The summed E-state index contributed by atoms with van der Waals surface area (Å²) < 4.78 is 9.13. The Bertz CT molecular complexity index is 365. The third kappa shape index (κ3) is 20.5. The van der Waals surface area contributed by atoms with Crippen molar-refractivity contribution >= 4 is 12.1 Å².